The zero-order valence-electron chi connectivity index (χ0n) is 15.2. The lowest BCUT2D eigenvalue weighted by molar-refractivity contribution is 0.0951. The Morgan fingerprint density at radius 3 is 2.62 bits per heavy atom. The van der Waals surface area contributed by atoms with Gasteiger partial charge in [0.15, 0.2) is 5.65 Å². The molecule has 1 amide bonds. The van der Waals surface area contributed by atoms with Crippen LogP contribution in [0.15, 0.2) is 53.3 Å². The Bertz CT molecular complexity index is 1170. The number of nitrogens with zero attached hydrogens (tertiary/aromatic N) is 5. The number of alkyl halides is 2. The van der Waals surface area contributed by atoms with E-state index in [1.54, 1.807) is 42.2 Å². The number of benzene rings is 1. The van der Waals surface area contributed by atoms with Crippen molar-refractivity contribution in [2.45, 2.75) is 13.0 Å². The average molecular weight is 461 g/mol. The van der Waals surface area contributed by atoms with E-state index in [4.69, 9.17) is 0 Å². The number of aromatic nitrogens is 5. The fourth-order valence-corrected chi connectivity index (χ4v) is 3.44. The monoisotopic (exact) mass is 460 g/mol. The Balaban J connectivity index is 1.73. The van der Waals surface area contributed by atoms with Gasteiger partial charge in [-0.05, 0) is 22.0 Å². The summed E-state index contributed by atoms with van der Waals surface area (Å²) < 4.78 is 30.6. The molecule has 1 N–H and O–H groups in total. The molecule has 7 nitrogen and oxygen atoms in total. The van der Waals surface area contributed by atoms with Crippen molar-refractivity contribution in [1.82, 2.24) is 29.7 Å². The topological polar surface area (TPSA) is 77.1 Å². The van der Waals surface area contributed by atoms with Crippen LogP contribution in [0.1, 0.15) is 28.2 Å². The molecule has 148 valence electrons. The molecule has 4 rings (SSSR count). The maximum Gasteiger partial charge on any atom is 0.280 e. The Kier molecular flexibility index (Phi) is 5.10. The van der Waals surface area contributed by atoms with E-state index < -0.39 is 12.3 Å². The summed E-state index contributed by atoms with van der Waals surface area (Å²) in [7, 11) is 1.75. The molecule has 0 aliphatic heterocycles. The summed E-state index contributed by atoms with van der Waals surface area (Å²) >= 11 is 3.37. The standard InChI is InChI=1S/C19H15BrF2N6O/c1-27-16(13(20)9-24-27)10-23-19(29)12-8-25-28-15(17(21)22)7-14(26-18(12)28)11-5-3-2-4-6-11/h2-9,17H,10H2,1H3,(H,23,29). The van der Waals surface area contributed by atoms with E-state index in [9.17, 15) is 13.6 Å². The van der Waals surface area contributed by atoms with Gasteiger partial charge in [0.1, 0.15) is 11.3 Å². The van der Waals surface area contributed by atoms with E-state index in [1.165, 1.54) is 12.3 Å². The molecule has 0 aliphatic rings. The Morgan fingerprint density at radius 2 is 1.97 bits per heavy atom. The molecule has 0 fully saturated rings. The zero-order chi connectivity index (χ0) is 20.5. The number of aryl methyl sites for hydroxylation is 1. The van der Waals surface area contributed by atoms with Crippen LogP contribution < -0.4 is 5.32 Å². The van der Waals surface area contributed by atoms with E-state index in [1.807, 2.05) is 6.07 Å². The molecule has 3 heterocycles. The molecule has 29 heavy (non-hydrogen) atoms. The Morgan fingerprint density at radius 1 is 1.21 bits per heavy atom. The number of rotatable bonds is 5. The number of halogens is 3. The predicted octanol–water partition coefficient (Wildman–Crippen LogP) is 3.76. The van der Waals surface area contributed by atoms with E-state index in [-0.39, 0.29) is 23.4 Å². The highest BCUT2D eigenvalue weighted by Crippen LogP contribution is 2.26. The lowest BCUT2D eigenvalue weighted by Crippen LogP contribution is -2.24. The van der Waals surface area contributed by atoms with E-state index in [0.717, 1.165) is 14.7 Å². The molecule has 0 radical (unpaired) electrons. The van der Waals surface area contributed by atoms with Crippen molar-refractivity contribution >= 4 is 27.5 Å². The molecule has 0 aliphatic carbocycles. The van der Waals surface area contributed by atoms with Crippen molar-refractivity contribution < 1.29 is 13.6 Å². The largest absolute Gasteiger partial charge is 0.346 e. The normalized spacial score (nSPS) is 11.3. The van der Waals surface area contributed by atoms with Crippen molar-refractivity contribution in [3.8, 4) is 11.3 Å². The molecule has 0 atom stereocenters. The smallest absolute Gasteiger partial charge is 0.280 e. The number of hydrogen-bond acceptors (Lipinski definition) is 4. The third kappa shape index (κ3) is 3.63. The third-order valence-corrected chi connectivity index (χ3v) is 5.13. The molecule has 0 spiro atoms. The molecular formula is C19H15BrF2N6O. The van der Waals surface area contributed by atoms with Gasteiger partial charge in [-0.3, -0.25) is 9.48 Å². The van der Waals surface area contributed by atoms with Gasteiger partial charge in [0.25, 0.3) is 12.3 Å². The number of amides is 1. The van der Waals surface area contributed by atoms with E-state index in [2.05, 4.69) is 36.4 Å². The van der Waals surface area contributed by atoms with Gasteiger partial charge >= 0.3 is 0 Å². The predicted molar refractivity (Wildman–Crippen MR) is 105 cm³/mol. The van der Waals surface area contributed by atoms with Crippen LogP contribution in [0.4, 0.5) is 8.78 Å². The molecular weight excluding hydrogens is 446 g/mol. The highest BCUT2D eigenvalue weighted by molar-refractivity contribution is 9.10. The van der Waals surface area contributed by atoms with Gasteiger partial charge < -0.3 is 5.32 Å². The molecule has 10 heteroatoms. The molecule has 4 aromatic rings. The fourth-order valence-electron chi connectivity index (χ4n) is 2.95. The first-order valence-corrected chi connectivity index (χ1v) is 9.42. The maximum absolute atomic E-state index is 13.6. The number of fused-ring (bicyclic) bond motifs is 1. The molecule has 0 unspecified atom stereocenters. The van der Waals surface area contributed by atoms with Gasteiger partial charge in [0.05, 0.1) is 34.8 Å². The first kappa shape index (κ1) is 19.2. The van der Waals surface area contributed by atoms with Gasteiger partial charge in [-0.15, -0.1) is 0 Å². The van der Waals surface area contributed by atoms with Crippen LogP contribution in [0.25, 0.3) is 16.9 Å². The molecule has 0 bridgehead atoms. The number of nitrogens with one attached hydrogen (secondary N) is 1. The number of hydrogen-bond donors (Lipinski definition) is 1. The van der Waals surface area contributed by atoms with Gasteiger partial charge in [-0.2, -0.15) is 10.2 Å². The highest BCUT2D eigenvalue weighted by Gasteiger charge is 2.21. The number of carbonyl (C=O) groups excluding carboxylic acids is 1. The molecule has 0 saturated carbocycles. The number of carbonyl (C=O) groups is 1. The van der Waals surface area contributed by atoms with Crippen molar-refractivity contribution in [3.63, 3.8) is 0 Å². The first-order valence-electron chi connectivity index (χ1n) is 8.62. The van der Waals surface area contributed by atoms with E-state index in [0.29, 0.717) is 11.3 Å². The molecule has 1 aromatic carbocycles. The third-order valence-electron chi connectivity index (χ3n) is 4.46. The van der Waals surface area contributed by atoms with Crippen LogP contribution in [0.3, 0.4) is 0 Å². The fraction of sp³-hybridized carbons (Fsp3) is 0.158. The Hall–Kier alpha value is -3.14. The summed E-state index contributed by atoms with van der Waals surface area (Å²) in [5.41, 5.74) is 1.63. The second-order valence-corrected chi connectivity index (χ2v) is 7.13. The zero-order valence-corrected chi connectivity index (χ0v) is 16.8. The SMILES string of the molecule is Cn1ncc(Br)c1CNC(=O)c1cnn2c(C(F)F)cc(-c3ccccc3)nc12. The van der Waals surface area contributed by atoms with Gasteiger partial charge in [-0.25, -0.2) is 18.3 Å². The van der Waals surface area contributed by atoms with Crippen molar-refractivity contribution in [2.75, 3.05) is 0 Å². The highest BCUT2D eigenvalue weighted by atomic mass is 79.9. The minimum atomic E-state index is -2.77. The second-order valence-electron chi connectivity index (χ2n) is 6.27. The first-order chi connectivity index (χ1) is 14.0. The minimum absolute atomic E-state index is 0.0724. The lowest BCUT2D eigenvalue weighted by Gasteiger charge is -2.09. The van der Waals surface area contributed by atoms with E-state index >= 15 is 0 Å². The minimum Gasteiger partial charge on any atom is -0.346 e. The van der Waals surface area contributed by atoms with Crippen LogP contribution in [0, 0.1) is 0 Å². The van der Waals surface area contributed by atoms with Crippen LogP contribution in [-0.4, -0.2) is 30.3 Å². The van der Waals surface area contributed by atoms with Gasteiger partial charge in [-0.1, -0.05) is 30.3 Å². The van der Waals surface area contributed by atoms with Gasteiger partial charge in [0, 0.05) is 12.6 Å². The van der Waals surface area contributed by atoms with Crippen LogP contribution in [0.5, 0.6) is 0 Å². The summed E-state index contributed by atoms with van der Waals surface area (Å²) in [6.07, 6.45) is 0.0971. The van der Waals surface area contributed by atoms with Crippen molar-refractivity contribution in [3.05, 3.63) is 70.2 Å². The van der Waals surface area contributed by atoms with Crippen molar-refractivity contribution in [1.29, 1.82) is 0 Å². The molecule has 0 saturated heterocycles. The summed E-state index contributed by atoms with van der Waals surface area (Å²) in [5.74, 6) is -0.467. The lowest BCUT2D eigenvalue weighted by atomic mass is 10.1. The summed E-state index contributed by atoms with van der Waals surface area (Å²) in [6.45, 7) is 0.202. The Labute approximate surface area is 172 Å². The summed E-state index contributed by atoms with van der Waals surface area (Å²) in [6, 6.07) is 10.2. The summed E-state index contributed by atoms with van der Waals surface area (Å²) in [4.78, 5) is 17.2. The van der Waals surface area contributed by atoms with Crippen LogP contribution >= 0.6 is 15.9 Å². The quantitative estimate of drug-likeness (QED) is 0.491. The van der Waals surface area contributed by atoms with Gasteiger partial charge in [0.2, 0.25) is 0 Å². The second kappa shape index (κ2) is 7.70. The van der Waals surface area contributed by atoms with Crippen LogP contribution in [-0.2, 0) is 13.6 Å². The maximum atomic E-state index is 13.6. The van der Waals surface area contributed by atoms with Crippen molar-refractivity contribution in [2.24, 2.45) is 7.05 Å². The average Bonchev–Trinajstić information content (AvgIpc) is 3.29. The summed E-state index contributed by atoms with van der Waals surface area (Å²) in [5, 5.41) is 10.8. The molecule has 3 aromatic heterocycles. The van der Waals surface area contributed by atoms with Crippen LogP contribution in [0.2, 0.25) is 0 Å².